The van der Waals surface area contributed by atoms with Gasteiger partial charge in [-0.3, -0.25) is 4.55 Å². The van der Waals surface area contributed by atoms with Gasteiger partial charge < -0.3 is 0 Å². The lowest BCUT2D eigenvalue weighted by molar-refractivity contribution is -0.0510. The van der Waals surface area contributed by atoms with Crippen LogP contribution in [0.5, 0.6) is 0 Å². The van der Waals surface area contributed by atoms with Crippen LogP contribution in [0.2, 0.25) is 0 Å². The first-order valence-corrected chi connectivity index (χ1v) is 12.7. The number of benzene rings is 4. The fourth-order valence-electron chi connectivity index (χ4n) is 3.94. The highest BCUT2D eigenvalue weighted by molar-refractivity contribution is 7.86. The smallest absolute Gasteiger partial charge is 0.279 e. The van der Waals surface area contributed by atoms with E-state index in [9.17, 15) is 13.2 Å². The third-order valence-electron chi connectivity index (χ3n) is 5.43. The largest absolute Gasteiger partial charge is 0.522 e. The van der Waals surface area contributed by atoms with E-state index in [2.05, 4.69) is 85.8 Å². The van der Waals surface area contributed by atoms with Crippen molar-refractivity contribution >= 4 is 44.3 Å². The Morgan fingerprint density at radius 2 is 1.35 bits per heavy atom. The molecule has 0 amide bonds. The van der Waals surface area contributed by atoms with E-state index in [4.69, 9.17) is 25.6 Å². The van der Waals surface area contributed by atoms with E-state index in [1.54, 1.807) is 0 Å². The van der Waals surface area contributed by atoms with Gasteiger partial charge in [0, 0.05) is 5.25 Å². The summed E-state index contributed by atoms with van der Waals surface area (Å²) in [5, 5.41) is 5.65. The highest BCUT2D eigenvalue weighted by Gasteiger charge is 2.44. The maximum Gasteiger partial charge on any atom is 0.522 e. The van der Waals surface area contributed by atoms with E-state index in [1.807, 2.05) is 0 Å². The van der Waals surface area contributed by atoms with Crippen molar-refractivity contribution in [3.8, 4) is 11.1 Å². The molecule has 4 rings (SSSR count). The normalized spacial score (nSPS) is 12.9. The molecule has 4 aromatic rings. The molecule has 0 heterocycles. The van der Waals surface area contributed by atoms with Crippen LogP contribution in [-0.4, -0.2) is 23.7 Å². The molecule has 0 spiro atoms. The van der Waals surface area contributed by atoms with Gasteiger partial charge in [-0.2, -0.15) is 34.2 Å². The molecule has 34 heavy (non-hydrogen) atoms. The van der Waals surface area contributed by atoms with Crippen molar-refractivity contribution in [2.75, 3.05) is 0 Å². The molecule has 0 aliphatic carbocycles. The SMILES string of the molecule is CCCC(S)Cc1ccccc1-c1c2ccccc2cc2ccccc12.O=S(=O)(O)C(F)(F)F. The zero-order valence-corrected chi connectivity index (χ0v) is 20.2. The lowest BCUT2D eigenvalue weighted by Gasteiger charge is -2.17. The van der Waals surface area contributed by atoms with Crippen LogP contribution in [0.25, 0.3) is 32.7 Å². The molecule has 0 aromatic heterocycles. The van der Waals surface area contributed by atoms with Crippen LogP contribution in [-0.2, 0) is 16.5 Å². The fraction of sp³-hybridized carbons (Fsp3) is 0.231. The van der Waals surface area contributed by atoms with Crippen LogP contribution < -0.4 is 0 Å². The molecular formula is C26H25F3O3S2. The molecular weight excluding hydrogens is 481 g/mol. The Kier molecular flexibility index (Phi) is 8.28. The molecule has 8 heteroatoms. The molecule has 180 valence electrons. The van der Waals surface area contributed by atoms with E-state index in [-0.39, 0.29) is 0 Å². The Morgan fingerprint density at radius 3 is 1.85 bits per heavy atom. The van der Waals surface area contributed by atoms with Gasteiger partial charge in [0.1, 0.15) is 0 Å². The summed E-state index contributed by atoms with van der Waals surface area (Å²) in [6.45, 7) is 2.23. The lowest BCUT2D eigenvalue weighted by Crippen LogP contribution is -2.21. The van der Waals surface area contributed by atoms with Gasteiger partial charge in [0.25, 0.3) is 0 Å². The molecule has 1 N–H and O–H groups in total. The first-order chi connectivity index (χ1) is 16.0. The highest BCUT2D eigenvalue weighted by Crippen LogP contribution is 2.38. The topological polar surface area (TPSA) is 54.4 Å². The minimum Gasteiger partial charge on any atom is -0.279 e. The van der Waals surface area contributed by atoms with Crippen LogP contribution in [0.15, 0.2) is 78.9 Å². The molecule has 0 aliphatic rings. The minimum atomic E-state index is -5.84. The van der Waals surface area contributed by atoms with Crippen LogP contribution in [0.4, 0.5) is 13.2 Å². The zero-order chi connectivity index (χ0) is 24.9. The molecule has 0 radical (unpaired) electrons. The van der Waals surface area contributed by atoms with Crippen molar-refractivity contribution in [1.82, 2.24) is 0 Å². The standard InChI is InChI=1S/C25H24S.CHF3O3S/c1-2-9-21(26)17-20-12-5-8-15-24(20)25-22-13-6-3-10-18(22)16-19-11-4-7-14-23(19)25;2-1(3,4)8(5,6)7/h3-8,10-16,21,26H,2,9,17H2,1H3;(H,5,6,7). The van der Waals surface area contributed by atoms with E-state index in [1.165, 1.54) is 44.7 Å². The molecule has 0 aliphatic heterocycles. The van der Waals surface area contributed by atoms with Gasteiger partial charge in [0.15, 0.2) is 0 Å². The minimum absolute atomic E-state index is 0.405. The van der Waals surface area contributed by atoms with Crippen molar-refractivity contribution in [3.63, 3.8) is 0 Å². The molecule has 0 saturated heterocycles. The molecule has 3 nitrogen and oxygen atoms in total. The van der Waals surface area contributed by atoms with Crippen LogP contribution in [0.1, 0.15) is 25.3 Å². The van der Waals surface area contributed by atoms with Gasteiger partial charge in [-0.15, -0.1) is 0 Å². The Labute approximate surface area is 202 Å². The van der Waals surface area contributed by atoms with Crippen LogP contribution >= 0.6 is 12.6 Å². The summed E-state index contributed by atoms with van der Waals surface area (Å²) >= 11 is 4.83. The number of alkyl halides is 3. The average Bonchev–Trinajstić information content (AvgIpc) is 2.77. The van der Waals surface area contributed by atoms with Crippen LogP contribution in [0.3, 0.4) is 0 Å². The van der Waals surface area contributed by atoms with Crippen molar-refractivity contribution < 1.29 is 26.1 Å². The van der Waals surface area contributed by atoms with Gasteiger partial charge >= 0.3 is 15.6 Å². The quantitative estimate of drug-likeness (QED) is 0.126. The number of thiol groups is 1. The Hall–Kier alpha value is -2.55. The Morgan fingerprint density at radius 1 is 0.882 bits per heavy atom. The summed E-state index contributed by atoms with van der Waals surface area (Å²) in [5.41, 5.74) is -1.45. The highest BCUT2D eigenvalue weighted by atomic mass is 32.2. The summed E-state index contributed by atoms with van der Waals surface area (Å²) in [6, 6.07) is 28.6. The van der Waals surface area contributed by atoms with E-state index in [0.29, 0.717) is 5.25 Å². The number of halogens is 3. The monoisotopic (exact) mass is 506 g/mol. The average molecular weight is 507 g/mol. The second-order valence-electron chi connectivity index (χ2n) is 7.92. The van der Waals surface area contributed by atoms with Gasteiger partial charge in [0.05, 0.1) is 0 Å². The maximum absolute atomic E-state index is 10.7. The van der Waals surface area contributed by atoms with E-state index >= 15 is 0 Å². The molecule has 0 saturated carbocycles. The number of rotatable bonds is 5. The second-order valence-corrected chi connectivity index (χ2v) is 10.1. The summed E-state index contributed by atoms with van der Waals surface area (Å²) < 4.78 is 57.5. The Balaban J connectivity index is 0.000000350. The molecule has 4 aromatic carbocycles. The predicted molar refractivity (Wildman–Crippen MR) is 136 cm³/mol. The molecule has 1 unspecified atom stereocenters. The number of fused-ring (bicyclic) bond motifs is 2. The predicted octanol–water partition coefficient (Wildman–Crippen LogP) is 7.70. The summed E-state index contributed by atoms with van der Waals surface area (Å²) in [6.07, 6.45) is 3.33. The first-order valence-electron chi connectivity index (χ1n) is 10.7. The fourth-order valence-corrected chi connectivity index (χ4v) is 4.39. The third kappa shape index (κ3) is 6.11. The summed E-state index contributed by atoms with van der Waals surface area (Å²) in [7, 11) is -5.84. The first kappa shape index (κ1) is 26.1. The summed E-state index contributed by atoms with van der Waals surface area (Å²) in [5.74, 6) is 0. The third-order valence-corrected chi connectivity index (χ3v) is 6.45. The molecule has 0 bridgehead atoms. The number of hydrogen-bond donors (Lipinski definition) is 2. The second kappa shape index (κ2) is 10.8. The lowest BCUT2D eigenvalue weighted by atomic mass is 9.88. The molecule has 0 fully saturated rings. The van der Waals surface area contributed by atoms with Crippen molar-refractivity contribution in [2.45, 2.75) is 36.9 Å². The van der Waals surface area contributed by atoms with Gasteiger partial charge in [-0.1, -0.05) is 86.1 Å². The Bertz CT molecular complexity index is 1330. The van der Waals surface area contributed by atoms with Crippen molar-refractivity contribution in [3.05, 3.63) is 84.4 Å². The van der Waals surface area contributed by atoms with E-state index in [0.717, 1.165) is 12.8 Å². The maximum atomic E-state index is 10.7. The van der Waals surface area contributed by atoms with Gasteiger partial charge in [0.2, 0.25) is 0 Å². The van der Waals surface area contributed by atoms with Crippen LogP contribution in [0, 0.1) is 0 Å². The van der Waals surface area contributed by atoms with Gasteiger partial charge in [-0.25, -0.2) is 0 Å². The molecule has 1 atom stereocenters. The van der Waals surface area contributed by atoms with Crippen molar-refractivity contribution in [2.24, 2.45) is 0 Å². The number of hydrogen-bond acceptors (Lipinski definition) is 3. The summed E-state index contributed by atoms with van der Waals surface area (Å²) in [4.78, 5) is 0. The van der Waals surface area contributed by atoms with Crippen molar-refractivity contribution in [1.29, 1.82) is 0 Å². The zero-order valence-electron chi connectivity index (χ0n) is 18.5. The van der Waals surface area contributed by atoms with Gasteiger partial charge in [-0.05, 0) is 57.1 Å². The van der Waals surface area contributed by atoms with E-state index < -0.39 is 15.6 Å².